The Balaban J connectivity index is 1.46. The molecule has 0 bridgehead atoms. The maximum atomic E-state index is 13.7. The number of anilines is 1. The van der Waals surface area contributed by atoms with Crippen LogP contribution in [0.1, 0.15) is 47.5 Å². The Hall–Kier alpha value is -3.01. The largest absolute Gasteiger partial charge is 0.467 e. The topological polar surface area (TPSA) is 83.7 Å². The van der Waals surface area contributed by atoms with Crippen LogP contribution in [0.5, 0.6) is 0 Å². The molecule has 1 fully saturated rings. The Morgan fingerprint density at radius 2 is 1.78 bits per heavy atom. The van der Waals surface area contributed by atoms with Crippen molar-refractivity contribution in [2.45, 2.75) is 45.6 Å². The van der Waals surface area contributed by atoms with Gasteiger partial charge in [-0.2, -0.15) is 4.31 Å². The number of aromatic nitrogens is 1. The number of carbonyl (C=O) groups is 1. The second-order valence-corrected chi connectivity index (χ2v) is 13.1. The van der Waals surface area contributed by atoms with Crippen molar-refractivity contribution in [3.05, 3.63) is 77.2 Å². The van der Waals surface area contributed by atoms with E-state index in [2.05, 4.69) is 19.9 Å². The van der Waals surface area contributed by atoms with Crippen molar-refractivity contribution in [3.63, 3.8) is 0 Å². The molecular formula is C28H31N3O4S2. The third kappa shape index (κ3) is 5.08. The molecule has 0 radical (unpaired) electrons. The molecule has 4 aromatic rings. The lowest BCUT2D eigenvalue weighted by Crippen LogP contribution is -2.42. The van der Waals surface area contributed by atoms with Crippen molar-refractivity contribution in [2.75, 3.05) is 18.0 Å². The van der Waals surface area contributed by atoms with Gasteiger partial charge in [-0.15, -0.1) is 0 Å². The summed E-state index contributed by atoms with van der Waals surface area (Å²) in [4.78, 5) is 20.3. The zero-order chi connectivity index (χ0) is 26.3. The molecule has 0 spiro atoms. The molecule has 0 aliphatic carbocycles. The van der Waals surface area contributed by atoms with Crippen LogP contribution in [0.2, 0.25) is 0 Å². The first kappa shape index (κ1) is 25.6. The molecule has 5 rings (SSSR count). The highest BCUT2D eigenvalue weighted by atomic mass is 32.2. The number of hydrogen-bond acceptors (Lipinski definition) is 6. The number of rotatable bonds is 6. The number of furan rings is 1. The van der Waals surface area contributed by atoms with Gasteiger partial charge in [0.15, 0.2) is 5.13 Å². The van der Waals surface area contributed by atoms with Gasteiger partial charge in [0.1, 0.15) is 5.76 Å². The molecule has 2 aromatic carbocycles. The summed E-state index contributed by atoms with van der Waals surface area (Å²) in [5.41, 5.74) is 3.49. The van der Waals surface area contributed by atoms with Gasteiger partial charge in [0.05, 0.1) is 27.9 Å². The van der Waals surface area contributed by atoms with Gasteiger partial charge in [0.2, 0.25) is 10.0 Å². The highest BCUT2D eigenvalue weighted by Crippen LogP contribution is 2.34. The summed E-state index contributed by atoms with van der Waals surface area (Å²) in [5, 5.41) is 0.568. The van der Waals surface area contributed by atoms with Crippen molar-refractivity contribution in [2.24, 2.45) is 11.8 Å². The average Bonchev–Trinajstić information content (AvgIpc) is 3.54. The summed E-state index contributed by atoms with van der Waals surface area (Å²) in [6.45, 7) is 9.48. The van der Waals surface area contributed by atoms with Gasteiger partial charge in [0, 0.05) is 18.7 Å². The second kappa shape index (κ2) is 10.0. The molecule has 2 aromatic heterocycles. The predicted octanol–water partition coefficient (Wildman–Crippen LogP) is 6.02. The van der Waals surface area contributed by atoms with Crippen molar-refractivity contribution in [1.82, 2.24) is 9.29 Å². The van der Waals surface area contributed by atoms with Gasteiger partial charge in [-0.3, -0.25) is 9.69 Å². The number of piperidine rings is 1. The van der Waals surface area contributed by atoms with E-state index in [4.69, 9.17) is 9.40 Å². The fraction of sp³-hybridized carbons (Fsp3) is 0.357. The Kier molecular flexibility index (Phi) is 6.95. The van der Waals surface area contributed by atoms with E-state index in [9.17, 15) is 13.2 Å². The minimum atomic E-state index is -3.63. The third-order valence-electron chi connectivity index (χ3n) is 7.02. The molecule has 37 heavy (non-hydrogen) atoms. The van der Waals surface area contributed by atoms with E-state index in [0.717, 1.165) is 27.8 Å². The lowest BCUT2D eigenvalue weighted by Gasteiger charge is -2.34. The lowest BCUT2D eigenvalue weighted by atomic mass is 9.94. The lowest BCUT2D eigenvalue weighted by molar-refractivity contribution is 0.0983. The Bertz CT molecular complexity index is 1520. The summed E-state index contributed by atoms with van der Waals surface area (Å²) < 4.78 is 34.7. The molecule has 194 valence electrons. The van der Waals surface area contributed by atoms with E-state index in [1.807, 2.05) is 26.0 Å². The van der Waals surface area contributed by atoms with Crippen LogP contribution in [0, 0.1) is 25.7 Å². The average molecular weight is 538 g/mol. The summed E-state index contributed by atoms with van der Waals surface area (Å²) in [5.74, 6) is 0.994. The number of aryl methyl sites for hydroxylation is 2. The molecule has 0 saturated carbocycles. The normalized spacial score (nSPS) is 18.8. The van der Waals surface area contributed by atoms with Gasteiger partial charge in [0.25, 0.3) is 5.91 Å². The summed E-state index contributed by atoms with van der Waals surface area (Å²) in [6.07, 6.45) is 2.60. The quantitative estimate of drug-likeness (QED) is 0.300. The van der Waals surface area contributed by atoms with E-state index >= 15 is 0 Å². The van der Waals surface area contributed by atoms with Crippen molar-refractivity contribution < 1.29 is 17.6 Å². The SMILES string of the molecule is Cc1ccc2sc(N(Cc3ccco3)C(=O)c3ccc(S(=O)(=O)N4CC(C)CC(C)C4)cc3)nc2c1C. The molecule has 1 saturated heterocycles. The van der Waals surface area contributed by atoms with Crippen LogP contribution in [0.15, 0.2) is 64.1 Å². The number of sulfonamides is 1. The number of benzene rings is 2. The Morgan fingerprint density at radius 3 is 2.43 bits per heavy atom. The van der Waals surface area contributed by atoms with Crippen LogP contribution in [-0.4, -0.2) is 36.7 Å². The monoisotopic (exact) mass is 537 g/mol. The second-order valence-electron chi connectivity index (χ2n) is 10.1. The van der Waals surface area contributed by atoms with Crippen LogP contribution in [0.3, 0.4) is 0 Å². The molecule has 7 nitrogen and oxygen atoms in total. The molecule has 2 unspecified atom stereocenters. The zero-order valence-electron chi connectivity index (χ0n) is 21.5. The highest BCUT2D eigenvalue weighted by Gasteiger charge is 2.32. The third-order valence-corrected chi connectivity index (χ3v) is 9.91. The van der Waals surface area contributed by atoms with E-state index in [-0.39, 0.29) is 17.3 Å². The van der Waals surface area contributed by atoms with E-state index < -0.39 is 10.0 Å². The standard InChI is InChI=1S/C28H31N3O4S2/c1-18-14-19(2)16-30(15-18)37(33,34)24-10-8-22(9-11-24)27(32)31(17-23-6-5-13-35-23)28-29-26-21(4)20(3)7-12-25(26)36-28/h5-13,18-19H,14-17H2,1-4H3. The minimum Gasteiger partial charge on any atom is -0.467 e. The van der Waals surface area contributed by atoms with E-state index in [0.29, 0.717) is 41.4 Å². The van der Waals surface area contributed by atoms with Crippen LogP contribution in [-0.2, 0) is 16.6 Å². The van der Waals surface area contributed by atoms with Crippen LogP contribution in [0.25, 0.3) is 10.2 Å². The van der Waals surface area contributed by atoms with Crippen molar-refractivity contribution >= 4 is 42.6 Å². The van der Waals surface area contributed by atoms with Gasteiger partial charge in [-0.25, -0.2) is 13.4 Å². The fourth-order valence-corrected chi connectivity index (χ4v) is 7.69. The molecule has 1 amide bonds. The minimum absolute atomic E-state index is 0.203. The molecule has 1 aliphatic rings. The number of hydrogen-bond donors (Lipinski definition) is 0. The first-order valence-electron chi connectivity index (χ1n) is 12.4. The van der Waals surface area contributed by atoms with Gasteiger partial charge >= 0.3 is 0 Å². The highest BCUT2D eigenvalue weighted by molar-refractivity contribution is 7.89. The van der Waals surface area contributed by atoms with Crippen molar-refractivity contribution in [1.29, 1.82) is 0 Å². The number of amides is 1. The van der Waals surface area contributed by atoms with Crippen molar-refractivity contribution in [3.8, 4) is 0 Å². The molecule has 9 heteroatoms. The number of thiazole rings is 1. The molecular weight excluding hydrogens is 506 g/mol. The number of nitrogens with zero attached hydrogens (tertiary/aromatic N) is 3. The summed E-state index contributed by atoms with van der Waals surface area (Å²) in [6, 6.07) is 13.9. The zero-order valence-corrected chi connectivity index (χ0v) is 23.1. The van der Waals surface area contributed by atoms with Crippen LogP contribution < -0.4 is 4.90 Å². The smallest absolute Gasteiger partial charge is 0.260 e. The maximum absolute atomic E-state index is 13.7. The van der Waals surface area contributed by atoms with Gasteiger partial charge in [-0.05, 0) is 85.7 Å². The number of fused-ring (bicyclic) bond motifs is 1. The molecule has 3 heterocycles. The van der Waals surface area contributed by atoms with Crippen LogP contribution in [0.4, 0.5) is 5.13 Å². The summed E-state index contributed by atoms with van der Waals surface area (Å²) in [7, 11) is -3.63. The predicted molar refractivity (Wildman–Crippen MR) is 146 cm³/mol. The molecule has 2 atom stereocenters. The van der Waals surface area contributed by atoms with E-state index in [1.165, 1.54) is 23.5 Å². The maximum Gasteiger partial charge on any atom is 0.260 e. The number of carbonyl (C=O) groups excluding carboxylic acids is 1. The first-order valence-corrected chi connectivity index (χ1v) is 14.7. The van der Waals surface area contributed by atoms with Gasteiger partial charge in [-0.1, -0.05) is 31.3 Å². The first-order chi connectivity index (χ1) is 17.6. The summed E-state index contributed by atoms with van der Waals surface area (Å²) >= 11 is 1.45. The van der Waals surface area contributed by atoms with E-state index in [1.54, 1.807) is 33.7 Å². The van der Waals surface area contributed by atoms with Gasteiger partial charge < -0.3 is 4.42 Å². The molecule has 0 N–H and O–H groups in total. The Morgan fingerprint density at radius 1 is 1.08 bits per heavy atom. The molecule has 1 aliphatic heterocycles. The van der Waals surface area contributed by atoms with Crippen LogP contribution >= 0.6 is 11.3 Å². The fourth-order valence-electron chi connectivity index (χ4n) is 4.99. The Labute approximate surface area is 221 Å².